The molecule has 0 fully saturated rings. The Morgan fingerprint density at radius 3 is 2.53 bits per heavy atom. The second kappa shape index (κ2) is 15.2. The normalized spacial score (nSPS) is 16.6. The van der Waals surface area contributed by atoms with E-state index >= 15 is 0 Å². The Kier molecular flexibility index (Phi) is 12.4. The molecular formula is C29H42N2O5. The highest BCUT2D eigenvalue weighted by molar-refractivity contribution is 5.86. The van der Waals surface area contributed by atoms with Crippen molar-refractivity contribution in [2.45, 2.75) is 77.4 Å². The first kappa shape index (κ1) is 29.3. The summed E-state index contributed by atoms with van der Waals surface area (Å²) in [5, 5.41) is 12.9. The second-order valence-electron chi connectivity index (χ2n) is 9.83. The number of ether oxygens (including phenoxy) is 1. The number of esters is 1. The summed E-state index contributed by atoms with van der Waals surface area (Å²) in [6.45, 7) is 11.7. The van der Waals surface area contributed by atoms with Crippen LogP contribution in [0.25, 0.3) is 0 Å². The zero-order valence-electron chi connectivity index (χ0n) is 21.8. The molecular weight excluding hydrogens is 456 g/mol. The van der Waals surface area contributed by atoms with Crippen molar-refractivity contribution < 1.29 is 24.2 Å². The van der Waals surface area contributed by atoms with E-state index in [-0.39, 0.29) is 55.4 Å². The molecule has 0 aromatic heterocycles. The monoisotopic (exact) mass is 498 g/mol. The number of nitrogens with zero attached hydrogens (tertiary/aromatic N) is 1. The summed E-state index contributed by atoms with van der Waals surface area (Å²) in [6.07, 6.45) is 7.25. The van der Waals surface area contributed by atoms with Crippen LogP contribution in [0.15, 0.2) is 49.6 Å². The molecule has 3 atom stereocenters. The van der Waals surface area contributed by atoms with E-state index in [0.29, 0.717) is 25.8 Å². The summed E-state index contributed by atoms with van der Waals surface area (Å²) in [5.41, 5.74) is 2.20. The molecule has 0 aliphatic carbocycles. The van der Waals surface area contributed by atoms with Crippen LogP contribution in [0.3, 0.4) is 0 Å². The number of amides is 2. The van der Waals surface area contributed by atoms with Gasteiger partial charge in [-0.3, -0.25) is 14.4 Å². The number of hydrogen-bond donors (Lipinski definition) is 2. The quantitative estimate of drug-likeness (QED) is 0.217. The number of fused-ring (bicyclic) bond motifs is 1. The van der Waals surface area contributed by atoms with Gasteiger partial charge in [-0.2, -0.15) is 0 Å². The lowest BCUT2D eigenvalue weighted by Crippen LogP contribution is -2.49. The minimum absolute atomic E-state index is 0.0183. The van der Waals surface area contributed by atoms with Gasteiger partial charge in [0.25, 0.3) is 0 Å². The molecule has 2 N–H and O–H groups in total. The second-order valence-corrected chi connectivity index (χ2v) is 9.83. The lowest BCUT2D eigenvalue weighted by molar-refractivity contribution is -0.146. The van der Waals surface area contributed by atoms with Gasteiger partial charge < -0.3 is 20.1 Å². The van der Waals surface area contributed by atoms with Crippen molar-refractivity contribution in [2.24, 2.45) is 11.8 Å². The molecule has 0 radical (unpaired) electrons. The van der Waals surface area contributed by atoms with Crippen molar-refractivity contribution in [2.75, 3.05) is 13.2 Å². The lowest BCUT2D eigenvalue weighted by atomic mass is 9.92. The number of hydrogen-bond acceptors (Lipinski definition) is 5. The van der Waals surface area contributed by atoms with Crippen molar-refractivity contribution in [3.8, 4) is 0 Å². The average Bonchev–Trinajstić information content (AvgIpc) is 2.87. The van der Waals surface area contributed by atoms with Gasteiger partial charge in [-0.25, -0.2) is 0 Å². The SMILES string of the molecule is C=CCCCCC(=O)OC[C@@H](NC(=O)[C@H](CC=C)CC(=O)N1Cc2ccccc2C[C@H]1CO)C(C)C. The van der Waals surface area contributed by atoms with E-state index in [0.717, 1.165) is 30.4 Å². The summed E-state index contributed by atoms with van der Waals surface area (Å²) in [5.74, 6) is -1.26. The summed E-state index contributed by atoms with van der Waals surface area (Å²) in [4.78, 5) is 40.2. The van der Waals surface area contributed by atoms with Crippen LogP contribution in [0.1, 0.15) is 63.5 Å². The molecule has 1 aromatic rings. The van der Waals surface area contributed by atoms with Crippen LogP contribution < -0.4 is 5.32 Å². The number of unbranched alkanes of at least 4 members (excludes halogenated alkanes) is 2. The molecule has 7 nitrogen and oxygen atoms in total. The van der Waals surface area contributed by atoms with E-state index in [2.05, 4.69) is 18.5 Å². The maximum atomic E-state index is 13.3. The Morgan fingerprint density at radius 2 is 1.89 bits per heavy atom. The first-order valence-electron chi connectivity index (χ1n) is 13.0. The summed E-state index contributed by atoms with van der Waals surface area (Å²) < 4.78 is 5.42. The first-order valence-corrected chi connectivity index (χ1v) is 13.0. The van der Waals surface area contributed by atoms with E-state index in [1.54, 1.807) is 11.0 Å². The Bertz CT molecular complexity index is 897. The number of nitrogens with one attached hydrogen (secondary N) is 1. The van der Waals surface area contributed by atoms with Crippen LogP contribution in [0, 0.1) is 11.8 Å². The van der Waals surface area contributed by atoms with Gasteiger partial charge in [-0.1, -0.05) is 50.3 Å². The van der Waals surface area contributed by atoms with Crippen LogP contribution in [-0.2, 0) is 32.1 Å². The van der Waals surface area contributed by atoms with E-state index in [1.807, 2.05) is 44.2 Å². The zero-order valence-corrected chi connectivity index (χ0v) is 21.8. The molecule has 0 spiro atoms. The third-order valence-electron chi connectivity index (χ3n) is 6.72. The van der Waals surface area contributed by atoms with Gasteiger partial charge in [-0.15, -0.1) is 13.2 Å². The highest BCUT2D eigenvalue weighted by Gasteiger charge is 2.32. The molecule has 7 heteroatoms. The Balaban J connectivity index is 1.98. The molecule has 0 unspecified atom stereocenters. The predicted molar refractivity (Wildman–Crippen MR) is 141 cm³/mol. The van der Waals surface area contributed by atoms with Crippen LogP contribution in [0.2, 0.25) is 0 Å². The largest absolute Gasteiger partial charge is 0.463 e. The van der Waals surface area contributed by atoms with Crippen LogP contribution in [0.5, 0.6) is 0 Å². The Morgan fingerprint density at radius 1 is 1.17 bits per heavy atom. The van der Waals surface area contributed by atoms with Crippen LogP contribution in [-0.4, -0.2) is 53.1 Å². The van der Waals surface area contributed by atoms with E-state index in [4.69, 9.17) is 4.74 Å². The van der Waals surface area contributed by atoms with Gasteiger partial charge in [0.2, 0.25) is 11.8 Å². The van der Waals surface area contributed by atoms with E-state index in [9.17, 15) is 19.5 Å². The maximum absolute atomic E-state index is 13.3. The average molecular weight is 499 g/mol. The van der Waals surface area contributed by atoms with Gasteiger partial charge >= 0.3 is 5.97 Å². The van der Waals surface area contributed by atoms with Gasteiger partial charge in [0.1, 0.15) is 6.61 Å². The molecule has 1 aromatic carbocycles. The predicted octanol–water partition coefficient (Wildman–Crippen LogP) is 3.95. The van der Waals surface area contributed by atoms with Crippen molar-refractivity contribution >= 4 is 17.8 Å². The number of aliphatic hydroxyl groups excluding tert-OH is 1. The summed E-state index contributed by atoms with van der Waals surface area (Å²) in [7, 11) is 0. The fourth-order valence-electron chi connectivity index (χ4n) is 4.37. The Labute approximate surface area is 215 Å². The molecule has 2 rings (SSSR count). The Hall–Kier alpha value is -2.93. The minimum atomic E-state index is -0.595. The zero-order chi connectivity index (χ0) is 26.5. The van der Waals surface area contributed by atoms with Gasteiger partial charge in [0.05, 0.1) is 24.6 Å². The molecule has 0 saturated heterocycles. The smallest absolute Gasteiger partial charge is 0.305 e. The van der Waals surface area contributed by atoms with Gasteiger partial charge in [-0.05, 0) is 49.1 Å². The van der Waals surface area contributed by atoms with Crippen LogP contribution >= 0.6 is 0 Å². The number of carbonyl (C=O) groups excluding carboxylic acids is 3. The maximum Gasteiger partial charge on any atom is 0.305 e. The van der Waals surface area contributed by atoms with Crippen LogP contribution in [0.4, 0.5) is 0 Å². The minimum Gasteiger partial charge on any atom is -0.463 e. The molecule has 1 aliphatic rings. The van der Waals surface area contributed by atoms with Crippen molar-refractivity contribution in [1.29, 1.82) is 0 Å². The summed E-state index contributed by atoms with van der Waals surface area (Å²) >= 11 is 0. The molecule has 1 heterocycles. The summed E-state index contributed by atoms with van der Waals surface area (Å²) in [6, 6.07) is 7.24. The van der Waals surface area contributed by atoms with Crippen molar-refractivity contribution in [3.05, 3.63) is 60.7 Å². The number of benzene rings is 1. The third kappa shape index (κ3) is 8.94. The van der Waals surface area contributed by atoms with Crippen molar-refractivity contribution in [1.82, 2.24) is 10.2 Å². The fourth-order valence-corrected chi connectivity index (χ4v) is 4.37. The number of aliphatic hydroxyl groups is 1. The molecule has 2 amide bonds. The van der Waals surface area contributed by atoms with E-state index < -0.39 is 5.92 Å². The van der Waals surface area contributed by atoms with E-state index in [1.165, 1.54) is 0 Å². The third-order valence-corrected chi connectivity index (χ3v) is 6.72. The molecule has 198 valence electrons. The highest BCUT2D eigenvalue weighted by Crippen LogP contribution is 2.25. The molecule has 36 heavy (non-hydrogen) atoms. The standard InChI is InChI=1S/C29H42N2O5/c1-5-7-8-9-15-28(34)36-20-26(21(3)4)30-29(35)23(12-6-2)17-27(33)31-18-24-14-11-10-13-22(24)16-25(31)19-32/h5-6,10-11,13-14,21,23,25-26,32H,1-2,7-9,12,15-20H2,3-4H3,(H,30,35)/t23-,25+,26-/m1/s1. The molecule has 1 aliphatic heterocycles. The fraction of sp³-hybridized carbons (Fsp3) is 0.552. The first-order chi connectivity index (χ1) is 17.3. The highest BCUT2D eigenvalue weighted by atomic mass is 16.5. The van der Waals surface area contributed by atoms with Gasteiger partial charge in [0.15, 0.2) is 0 Å². The van der Waals surface area contributed by atoms with Crippen molar-refractivity contribution in [3.63, 3.8) is 0 Å². The molecule has 0 saturated carbocycles. The number of rotatable bonds is 15. The number of allylic oxidation sites excluding steroid dienone is 2. The lowest BCUT2D eigenvalue weighted by Gasteiger charge is -2.36. The number of carbonyl (C=O) groups is 3. The topological polar surface area (TPSA) is 95.9 Å². The van der Waals surface area contributed by atoms with Gasteiger partial charge in [0, 0.05) is 19.4 Å². The molecule has 0 bridgehead atoms.